The van der Waals surface area contributed by atoms with E-state index in [0.29, 0.717) is 5.01 Å². The minimum Gasteiger partial charge on any atom is -0.498 e. The molecule has 0 bridgehead atoms. The van der Waals surface area contributed by atoms with E-state index in [1.807, 2.05) is 0 Å². The fourth-order valence-electron chi connectivity index (χ4n) is 0.992. The molecule has 66 valence electrons. The smallest absolute Gasteiger partial charge is 0.192 e. The second-order valence-electron chi connectivity index (χ2n) is 2.51. The molecule has 0 radical (unpaired) electrons. The Morgan fingerprint density at radius 3 is 2.46 bits per heavy atom. The highest BCUT2D eigenvalue weighted by molar-refractivity contribution is 7.16. The Morgan fingerprint density at radius 1 is 1.23 bits per heavy atom. The van der Waals surface area contributed by atoms with Crippen molar-refractivity contribution in [3.8, 4) is 15.6 Å². The summed E-state index contributed by atoms with van der Waals surface area (Å²) in [4.78, 5) is 3.96. The summed E-state index contributed by atoms with van der Waals surface area (Å²) >= 11 is 1.17. The van der Waals surface area contributed by atoms with Gasteiger partial charge in [0.15, 0.2) is 5.06 Å². The van der Waals surface area contributed by atoms with Crippen LogP contribution in [0.4, 0.5) is 4.39 Å². The van der Waals surface area contributed by atoms with E-state index in [-0.39, 0.29) is 10.9 Å². The van der Waals surface area contributed by atoms with E-state index in [9.17, 15) is 4.39 Å². The summed E-state index contributed by atoms with van der Waals surface area (Å²) in [6.07, 6.45) is 1.38. The normalized spacial score (nSPS) is 10.2. The Labute approximate surface area is 78.3 Å². The monoisotopic (exact) mass is 195 g/mol. The lowest BCUT2D eigenvalue weighted by atomic mass is 10.2. The minimum atomic E-state index is -0.274. The maximum Gasteiger partial charge on any atom is 0.192 e. The Balaban J connectivity index is 2.41. The molecule has 2 aromatic rings. The van der Waals surface area contributed by atoms with Gasteiger partial charge in [-0.1, -0.05) is 11.3 Å². The molecule has 0 aliphatic heterocycles. The number of hydrogen-bond donors (Lipinski definition) is 1. The molecule has 13 heavy (non-hydrogen) atoms. The second-order valence-corrected chi connectivity index (χ2v) is 3.52. The SMILES string of the molecule is Oc1cnc(-c2ccc(F)cc2)s1. The molecule has 1 heterocycles. The third kappa shape index (κ3) is 1.67. The number of halogens is 1. The van der Waals surface area contributed by atoms with E-state index in [2.05, 4.69) is 4.98 Å². The van der Waals surface area contributed by atoms with Gasteiger partial charge in [-0.3, -0.25) is 0 Å². The van der Waals surface area contributed by atoms with Gasteiger partial charge in [0.2, 0.25) is 0 Å². The Kier molecular flexibility index (Phi) is 1.98. The molecule has 0 unspecified atom stereocenters. The third-order valence-electron chi connectivity index (χ3n) is 1.58. The number of hydrogen-bond acceptors (Lipinski definition) is 3. The molecule has 0 aliphatic carbocycles. The van der Waals surface area contributed by atoms with E-state index in [0.717, 1.165) is 5.56 Å². The lowest BCUT2D eigenvalue weighted by molar-refractivity contribution is 0.489. The Bertz CT molecular complexity index is 410. The standard InChI is InChI=1S/C9H6FNOS/c10-7-3-1-6(2-4-7)9-11-5-8(12)13-9/h1-5,12H. The molecule has 1 N–H and O–H groups in total. The van der Waals surface area contributed by atoms with Gasteiger partial charge >= 0.3 is 0 Å². The van der Waals surface area contributed by atoms with Crippen LogP contribution in [0.2, 0.25) is 0 Å². The van der Waals surface area contributed by atoms with Gasteiger partial charge in [-0.15, -0.1) is 0 Å². The van der Waals surface area contributed by atoms with Crippen LogP contribution in [-0.4, -0.2) is 10.1 Å². The van der Waals surface area contributed by atoms with E-state index in [4.69, 9.17) is 5.11 Å². The van der Waals surface area contributed by atoms with Gasteiger partial charge in [-0.2, -0.15) is 0 Å². The summed E-state index contributed by atoms with van der Waals surface area (Å²) in [5.74, 6) is -0.274. The van der Waals surface area contributed by atoms with Crippen molar-refractivity contribution in [3.63, 3.8) is 0 Å². The maximum absolute atomic E-state index is 12.5. The topological polar surface area (TPSA) is 33.1 Å². The predicted molar refractivity (Wildman–Crippen MR) is 49.2 cm³/mol. The van der Waals surface area contributed by atoms with E-state index in [1.54, 1.807) is 12.1 Å². The second kappa shape index (κ2) is 3.14. The molecule has 2 nitrogen and oxygen atoms in total. The summed E-state index contributed by atoms with van der Waals surface area (Å²) in [5.41, 5.74) is 0.812. The van der Waals surface area contributed by atoms with Crippen LogP contribution in [0, 0.1) is 5.82 Å². The Hall–Kier alpha value is -1.42. The summed E-state index contributed by atoms with van der Waals surface area (Å²) in [7, 11) is 0. The molecule has 0 saturated carbocycles. The van der Waals surface area contributed by atoms with Crippen LogP contribution in [-0.2, 0) is 0 Å². The minimum absolute atomic E-state index is 0.166. The molecular weight excluding hydrogens is 189 g/mol. The lowest BCUT2D eigenvalue weighted by Crippen LogP contribution is -1.76. The number of benzene rings is 1. The van der Waals surface area contributed by atoms with Crippen LogP contribution in [0.1, 0.15) is 0 Å². The molecule has 0 aliphatic rings. The first-order valence-electron chi connectivity index (χ1n) is 3.66. The van der Waals surface area contributed by atoms with Gasteiger partial charge < -0.3 is 5.11 Å². The first kappa shape index (κ1) is 8.19. The predicted octanol–water partition coefficient (Wildman–Crippen LogP) is 2.65. The van der Waals surface area contributed by atoms with Crippen molar-refractivity contribution in [2.45, 2.75) is 0 Å². The van der Waals surface area contributed by atoms with Crippen molar-refractivity contribution < 1.29 is 9.50 Å². The highest BCUT2D eigenvalue weighted by atomic mass is 32.1. The Morgan fingerprint density at radius 2 is 1.92 bits per heavy atom. The van der Waals surface area contributed by atoms with Crippen LogP contribution >= 0.6 is 11.3 Å². The van der Waals surface area contributed by atoms with E-state index >= 15 is 0 Å². The average molecular weight is 195 g/mol. The van der Waals surface area contributed by atoms with Gasteiger partial charge in [0.1, 0.15) is 10.8 Å². The van der Waals surface area contributed by atoms with Gasteiger partial charge in [-0.05, 0) is 24.3 Å². The molecule has 0 atom stereocenters. The zero-order valence-electron chi connectivity index (χ0n) is 6.57. The third-order valence-corrected chi connectivity index (χ3v) is 2.43. The molecule has 1 aromatic heterocycles. The van der Waals surface area contributed by atoms with Crippen LogP contribution in [0.15, 0.2) is 30.5 Å². The van der Waals surface area contributed by atoms with Crippen molar-refractivity contribution in [1.29, 1.82) is 0 Å². The van der Waals surface area contributed by atoms with Crippen molar-refractivity contribution in [3.05, 3.63) is 36.3 Å². The van der Waals surface area contributed by atoms with Gasteiger partial charge in [0, 0.05) is 5.56 Å². The first-order chi connectivity index (χ1) is 6.25. The van der Waals surface area contributed by atoms with E-state index in [1.165, 1.54) is 29.7 Å². The molecule has 0 fully saturated rings. The van der Waals surface area contributed by atoms with Crippen LogP contribution in [0.25, 0.3) is 10.6 Å². The fraction of sp³-hybridized carbons (Fsp3) is 0. The number of thiazole rings is 1. The molecule has 0 spiro atoms. The quantitative estimate of drug-likeness (QED) is 0.758. The van der Waals surface area contributed by atoms with Crippen LogP contribution in [0.3, 0.4) is 0 Å². The first-order valence-corrected chi connectivity index (χ1v) is 4.48. The summed E-state index contributed by atoms with van der Waals surface area (Å²) < 4.78 is 12.5. The lowest BCUT2D eigenvalue weighted by Gasteiger charge is -1.93. The highest BCUT2D eigenvalue weighted by Gasteiger charge is 2.02. The van der Waals surface area contributed by atoms with Gasteiger partial charge in [0.25, 0.3) is 0 Å². The zero-order chi connectivity index (χ0) is 9.26. The molecule has 0 saturated heterocycles. The number of nitrogens with zero attached hydrogens (tertiary/aromatic N) is 1. The van der Waals surface area contributed by atoms with Crippen molar-refractivity contribution in [1.82, 2.24) is 4.98 Å². The van der Waals surface area contributed by atoms with Crippen molar-refractivity contribution >= 4 is 11.3 Å². The molecule has 2 rings (SSSR count). The molecule has 1 aromatic carbocycles. The van der Waals surface area contributed by atoms with E-state index < -0.39 is 0 Å². The van der Waals surface area contributed by atoms with Gasteiger partial charge in [0.05, 0.1) is 6.20 Å². The van der Waals surface area contributed by atoms with Gasteiger partial charge in [-0.25, -0.2) is 9.37 Å². The van der Waals surface area contributed by atoms with Crippen molar-refractivity contribution in [2.24, 2.45) is 0 Å². The molecular formula is C9H6FNOS. The summed E-state index contributed by atoms with van der Waals surface area (Å²) in [6.45, 7) is 0. The zero-order valence-corrected chi connectivity index (χ0v) is 7.38. The molecule has 4 heteroatoms. The number of rotatable bonds is 1. The fourth-order valence-corrected chi connectivity index (χ4v) is 1.65. The largest absolute Gasteiger partial charge is 0.498 e. The number of aromatic nitrogens is 1. The van der Waals surface area contributed by atoms with Crippen LogP contribution < -0.4 is 0 Å². The summed E-state index contributed by atoms with van der Waals surface area (Å²) in [5, 5.41) is 9.91. The average Bonchev–Trinajstić information content (AvgIpc) is 2.53. The highest BCUT2D eigenvalue weighted by Crippen LogP contribution is 2.28. The molecule has 0 amide bonds. The van der Waals surface area contributed by atoms with Crippen LogP contribution in [0.5, 0.6) is 5.06 Å². The maximum atomic E-state index is 12.5. The summed E-state index contributed by atoms with van der Waals surface area (Å²) in [6, 6.07) is 6.00. The number of aromatic hydroxyl groups is 1. The van der Waals surface area contributed by atoms with Crippen molar-refractivity contribution in [2.75, 3.05) is 0 Å².